The Kier molecular flexibility index (Phi) is 3.31. The van der Waals surface area contributed by atoms with E-state index in [2.05, 4.69) is 81.4 Å². The Morgan fingerprint density at radius 1 is 0.769 bits per heavy atom. The molecule has 1 heterocycles. The summed E-state index contributed by atoms with van der Waals surface area (Å²) < 4.78 is 0. The van der Waals surface area contributed by atoms with Crippen molar-refractivity contribution in [2.75, 3.05) is 0 Å². The fourth-order valence-corrected chi connectivity index (χ4v) is 5.45. The van der Waals surface area contributed by atoms with Crippen molar-refractivity contribution in [3.63, 3.8) is 0 Å². The molecule has 2 heteroatoms. The first-order valence-electron chi connectivity index (χ1n) is 9.78. The summed E-state index contributed by atoms with van der Waals surface area (Å²) in [5, 5.41) is 0. The first-order valence-corrected chi connectivity index (χ1v) is 9.78. The van der Waals surface area contributed by atoms with Crippen molar-refractivity contribution in [1.82, 2.24) is 0 Å². The number of benzene rings is 2. The molecular weight excluding hydrogens is 316 g/mol. The predicted octanol–water partition coefficient (Wildman–Crippen LogP) is 5.82. The van der Waals surface area contributed by atoms with Crippen molar-refractivity contribution in [2.45, 2.75) is 45.7 Å². The molecule has 1 aliphatic heterocycles. The minimum Gasteiger partial charge on any atom is -0.277 e. The van der Waals surface area contributed by atoms with Crippen LogP contribution in [0.15, 0.2) is 70.6 Å². The Labute approximate surface area is 156 Å². The van der Waals surface area contributed by atoms with E-state index in [1.54, 1.807) is 0 Å². The van der Waals surface area contributed by atoms with Gasteiger partial charge in [-0.25, -0.2) is 0 Å². The maximum absolute atomic E-state index is 5.41. The SMILES string of the molecule is CC1(C)[C@@H]2CC[C@@]1(C)C1=N[C@H](c3ccccc3)[C@@H](c3ccccc3)N=C12. The van der Waals surface area contributed by atoms with Crippen LogP contribution >= 0.6 is 0 Å². The van der Waals surface area contributed by atoms with E-state index in [1.165, 1.54) is 35.4 Å². The molecular formula is C24H26N2. The molecule has 0 saturated heterocycles. The molecule has 0 spiro atoms. The smallest absolute Gasteiger partial charge is 0.102 e. The monoisotopic (exact) mass is 342 g/mol. The van der Waals surface area contributed by atoms with Gasteiger partial charge in [0.05, 0.1) is 11.4 Å². The third kappa shape index (κ3) is 1.99. The van der Waals surface area contributed by atoms with E-state index >= 15 is 0 Å². The molecule has 0 N–H and O–H groups in total. The molecule has 0 unspecified atom stereocenters. The molecule has 2 aromatic carbocycles. The van der Waals surface area contributed by atoms with Gasteiger partial charge in [0.2, 0.25) is 0 Å². The lowest BCUT2D eigenvalue weighted by molar-refractivity contribution is 0.208. The van der Waals surface area contributed by atoms with Gasteiger partial charge in [-0.3, -0.25) is 9.98 Å². The number of hydrogen-bond donors (Lipinski definition) is 0. The highest BCUT2D eigenvalue weighted by atomic mass is 15.0. The topological polar surface area (TPSA) is 24.7 Å². The third-order valence-corrected chi connectivity index (χ3v) is 7.45. The van der Waals surface area contributed by atoms with Crippen LogP contribution in [0.2, 0.25) is 0 Å². The molecule has 2 aromatic rings. The van der Waals surface area contributed by atoms with Gasteiger partial charge in [0.25, 0.3) is 0 Å². The maximum Gasteiger partial charge on any atom is 0.102 e. The number of rotatable bonds is 2. The van der Waals surface area contributed by atoms with E-state index in [9.17, 15) is 0 Å². The van der Waals surface area contributed by atoms with Crippen LogP contribution in [0, 0.1) is 16.7 Å². The van der Waals surface area contributed by atoms with Crippen LogP contribution in [0.1, 0.15) is 56.8 Å². The second-order valence-electron chi connectivity index (χ2n) is 8.85. The Morgan fingerprint density at radius 3 is 1.88 bits per heavy atom. The molecule has 3 aliphatic rings. The average molecular weight is 342 g/mol. The van der Waals surface area contributed by atoms with Crippen molar-refractivity contribution >= 4 is 11.4 Å². The fraction of sp³-hybridized carbons (Fsp3) is 0.417. The first kappa shape index (κ1) is 16.0. The van der Waals surface area contributed by atoms with Crippen LogP contribution in [-0.4, -0.2) is 11.4 Å². The summed E-state index contributed by atoms with van der Waals surface area (Å²) in [4.78, 5) is 10.8. The fourth-order valence-electron chi connectivity index (χ4n) is 5.45. The summed E-state index contributed by atoms with van der Waals surface area (Å²) in [5.41, 5.74) is 5.52. The average Bonchev–Trinajstić information content (AvgIpc) is 3.01. The highest BCUT2D eigenvalue weighted by Crippen LogP contribution is 2.64. The molecule has 2 fully saturated rings. The van der Waals surface area contributed by atoms with E-state index in [0.29, 0.717) is 5.92 Å². The molecule has 4 atom stereocenters. The lowest BCUT2D eigenvalue weighted by Gasteiger charge is -2.36. The van der Waals surface area contributed by atoms with Crippen molar-refractivity contribution in [1.29, 1.82) is 0 Å². The van der Waals surface area contributed by atoms with Gasteiger partial charge in [-0.15, -0.1) is 0 Å². The highest BCUT2D eigenvalue weighted by molar-refractivity contribution is 6.48. The molecule has 2 aliphatic carbocycles. The first-order chi connectivity index (χ1) is 12.5. The van der Waals surface area contributed by atoms with E-state index in [0.717, 1.165) is 0 Å². The molecule has 2 bridgehead atoms. The minimum atomic E-state index is 0.0734. The summed E-state index contributed by atoms with van der Waals surface area (Å²) >= 11 is 0. The minimum absolute atomic E-state index is 0.0734. The molecule has 0 aromatic heterocycles. The lowest BCUT2D eigenvalue weighted by atomic mass is 9.70. The molecule has 0 amide bonds. The second-order valence-corrected chi connectivity index (χ2v) is 8.85. The second kappa shape index (κ2) is 5.39. The van der Waals surface area contributed by atoms with Gasteiger partial charge in [-0.05, 0) is 29.4 Å². The lowest BCUT2D eigenvalue weighted by Crippen LogP contribution is -2.36. The molecule has 5 rings (SSSR count). The molecule has 26 heavy (non-hydrogen) atoms. The van der Waals surface area contributed by atoms with E-state index in [4.69, 9.17) is 9.98 Å². The van der Waals surface area contributed by atoms with Gasteiger partial charge in [-0.2, -0.15) is 0 Å². The Balaban J connectivity index is 1.69. The quantitative estimate of drug-likeness (QED) is 0.657. The number of fused-ring (bicyclic) bond motifs is 5. The number of aliphatic imine (C=N–C) groups is 2. The van der Waals surface area contributed by atoms with Crippen molar-refractivity contribution in [3.8, 4) is 0 Å². The summed E-state index contributed by atoms with van der Waals surface area (Å²) in [6.07, 6.45) is 2.49. The van der Waals surface area contributed by atoms with Gasteiger partial charge in [0, 0.05) is 11.3 Å². The van der Waals surface area contributed by atoms with Gasteiger partial charge in [0.1, 0.15) is 12.1 Å². The van der Waals surface area contributed by atoms with E-state index in [1.807, 2.05) is 0 Å². The zero-order valence-corrected chi connectivity index (χ0v) is 15.8. The van der Waals surface area contributed by atoms with Crippen LogP contribution in [0.4, 0.5) is 0 Å². The summed E-state index contributed by atoms with van der Waals surface area (Å²) in [5.74, 6) is 0.550. The van der Waals surface area contributed by atoms with Crippen LogP contribution < -0.4 is 0 Å². The van der Waals surface area contributed by atoms with Gasteiger partial charge in [0.15, 0.2) is 0 Å². The molecule has 2 saturated carbocycles. The molecule has 0 radical (unpaired) electrons. The predicted molar refractivity (Wildman–Crippen MR) is 108 cm³/mol. The maximum atomic E-state index is 5.41. The molecule has 132 valence electrons. The number of nitrogens with zero attached hydrogens (tertiary/aromatic N) is 2. The normalized spacial score (nSPS) is 34.2. The standard InChI is InChI=1S/C24H26N2/c1-23(2)18-14-15-24(23,3)22-21(18)25-19(16-10-6-4-7-11-16)20(26-22)17-12-8-5-9-13-17/h4-13,18-20H,14-15H2,1-3H3/t18-,19-,20-,24+/m1/s1. The third-order valence-electron chi connectivity index (χ3n) is 7.45. The van der Waals surface area contributed by atoms with Gasteiger partial charge >= 0.3 is 0 Å². The Hall–Kier alpha value is -2.22. The van der Waals surface area contributed by atoms with Crippen molar-refractivity contribution in [2.24, 2.45) is 26.7 Å². The summed E-state index contributed by atoms with van der Waals surface area (Å²) in [6.45, 7) is 7.26. The van der Waals surface area contributed by atoms with Crippen molar-refractivity contribution in [3.05, 3.63) is 71.8 Å². The zero-order valence-electron chi connectivity index (χ0n) is 15.8. The van der Waals surface area contributed by atoms with Crippen molar-refractivity contribution < 1.29 is 0 Å². The van der Waals surface area contributed by atoms with E-state index in [-0.39, 0.29) is 22.9 Å². The number of hydrogen-bond acceptors (Lipinski definition) is 2. The Bertz CT molecular complexity index is 894. The van der Waals surface area contributed by atoms with Gasteiger partial charge in [-0.1, -0.05) is 81.4 Å². The zero-order chi connectivity index (χ0) is 17.9. The highest BCUT2D eigenvalue weighted by Gasteiger charge is 2.64. The van der Waals surface area contributed by atoms with Crippen LogP contribution in [0.5, 0.6) is 0 Å². The Morgan fingerprint density at radius 2 is 1.31 bits per heavy atom. The summed E-state index contributed by atoms with van der Waals surface area (Å²) in [7, 11) is 0. The molecule has 2 nitrogen and oxygen atoms in total. The van der Waals surface area contributed by atoms with Crippen LogP contribution in [0.25, 0.3) is 0 Å². The van der Waals surface area contributed by atoms with Crippen LogP contribution in [0.3, 0.4) is 0 Å². The summed E-state index contributed by atoms with van der Waals surface area (Å²) in [6, 6.07) is 21.6. The van der Waals surface area contributed by atoms with Gasteiger partial charge < -0.3 is 0 Å². The van der Waals surface area contributed by atoms with E-state index < -0.39 is 0 Å². The van der Waals surface area contributed by atoms with Crippen LogP contribution in [-0.2, 0) is 0 Å². The largest absolute Gasteiger partial charge is 0.277 e.